The number of nitrogens with zero attached hydrogens (tertiary/aromatic N) is 1. The van der Waals surface area contributed by atoms with Gasteiger partial charge < -0.3 is 9.64 Å². The molecule has 0 aromatic carbocycles. The third-order valence-electron chi connectivity index (χ3n) is 3.28. The fourth-order valence-corrected chi connectivity index (χ4v) is 2.56. The molecule has 1 heterocycles. The van der Waals surface area contributed by atoms with Gasteiger partial charge >= 0.3 is 0 Å². The molecule has 1 aliphatic heterocycles. The molecule has 1 aliphatic carbocycles. The normalized spacial score (nSPS) is 44.7. The highest BCUT2D eigenvalue weighted by molar-refractivity contribution is 4.99. The average Bonchev–Trinajstić information content (AvgIpc) is 2.28. The van der Waals surface area contributed by atoms with Gasteiger partial charge in [0.15, 0.2) is 0 Å². The number of likely N-dealkylation sites (tertiary alicyclic amines) is 1. The molecule has 2 nitrogen and oxygen atoms in total. The zero-order valence-corrected chi connectivity index (χ0v) is 7.47. The number of hydrogen-bond donors (Lipinski definition) is 0. The van der Waals surface area contributed by atoms with Crippen LogP contribution in [0.4, 0.5) is 0 Å². The second-order valence-corrected chi connectivity index (χ2v) is 4.25. The van der Waals surface area contributed by atoms with Gasteiger partial charge in [0.05, 0.1) is 6.10 Å². The largest absolute Gasteiger partial charge is 0.381 e. The molecule has 1 saturated carbocycles. The van der Waals surface area contributed by atoms with E-state index in [0.717, 1.165) is 0 Å². The molecule has 0 radical (unpaired) electrons. The van der Waals surface area contributed by atoms with Crippen LogP contribution in [0, 0.1) is 5.41 Å². The summed E-state index contributed by atoms with van der Waals surface area (Å²) in [7, 11) is 4.05. The smallest absolute Gasteiger partial charge is 0.0583 e. The molecule has 0 unspecified atom stereocenters. The van der Waals surface area contributed by atoms with Crippen LogP contribution in [0.5, 0.6) is 0 Å². The van der Waals surface area contributed by atoms with E-state index >= 15 is 0 Å². The van der Waals surface area contributed by atoms with Gasteiger partial charge in [-0.15, -0.1) is 0 Å². The van der Waals surface area contributed by atoms with Gasteiger partial charge in [0, 0.05) is 13.7 Å². The molecule has 1 spiro atoms. The summed E-state index contributed by atoms with van der Waals surface area (Å²) in [6.45, 7) is 2.59. The Morgan fingerprint density at radius 1 is 1.45 bits per heavy atom. The zero-order chi connectivity index (χ0) is 7.90. The highest BCUT2D eigenvalue weighted by Gasteiger charge is 2.47. The van der Waals surface area contributed by atoms with Crippen molar-refractivity contribution in [2.24, 2.45) is 5.41 Å². The van der Waals surface area contributed by atoms with Crippen LogP contribution in [0.3, 0.4) is 0 Å². The second-order valence-electron chi connectivity index (χ2n) is 4.25. The van der Waals surface area contributed by atoms with E-state index < -0.39 is 0 Å². The van der Waals surface area contributed by atoms with E-state index in [4.69, 9.17) is 4.74 Å². The molecule has 2 rings (SSSR count). The minimum absolute atomic E-state index is 0.571. The van der Waals surface area contributed by atoms with Crippen molar-refractivity contribution >= 4 is 0 Å². The maximum Gasteiger partial charge on any atom is 0.0583 e. The first-order chi connectivity index (χ1) is 5.24. The molecule has 2 aliphatic rings. The van der Waals surface area contributed by atoms with E-state index in [-0.39, 0.29) is 0 Å². The Morgan fingerprint density at radius 3 is 2.64 bits per heavy atom. The van der Waals surface area contributed by atoms with Gasteiger partial charge in [-0.05, 0) is 38.3 Å². The van der Waals surface area contributed by atoms with E-state index in [1.165, 1.54) is 32.4 Å². The quantitative estimate of drug-likeness (QED) is 0.562. The summed E-state index contributed by atoms with van der Waals surface area (Å²) >= 11 is 0. The van der Waals surface area contributed by atoms with Gasteiger partial charge in [0.25, 0.3) is 0 Å². The van der Waals surface area contributed by atoms with Crippen molar-refractivity contribution in [1.82, 2.24) is 4.90 Å². The maximum absolute atomic E-state index is 5.29. The van der Waals surface area contributed by atoms with Gasteiger partial charge in [0.1, 0.15) is 0 Å². The topological polar surface area (TPSA) is 12.5 Å². The first-order valence-corrected chi connectivity index (χ1v) is 4.45. The lowest BCUT2D eigenvalue weighted by atomic mass is 9.66. The van der Waals surface area contributed by atoms with Gasteiger partial charge in [-0.2, -0.15) is 0 Å². The Bertz CT molecular complexity index is 152. The van der Waals surface area contributed by atoms with E-state index in [1.54, 1.807) is 0 Å². The van der Waals surface area contributed by atoms with E-state index in [1.807, 2.05) is 7.11 Å². The maximum atomic E-state index is 5.29. The molecule has 0 aromatic heterocycles. The van der Waals surface area contributed by atoms with Crippen LogP contribution in [-0.2, 0) is 4.74 Å². The third kappa shape index (κ3) is 1.18. The predicted molar refractivity (Wildman–Crippen MR) is 44.6 cm³/mol. The summed E-state index contributed by atoms with van der Waals surface area (Å²) in [5.41, 5.74) is 0.662. The minimum Gasteiger partial charge on any atom is -0.381 e. The zero-order valence-electron chi connectivity index (χ0n) is 7.47. The van der Waals surface area contributed by atoms with Crippen molar-refractivity contribution in [2.45, 2.75) is 25.4 Å². The molecule has 64 valence electrons. The molecule has 0 aromatic rings. The van der Waals surface area contributed by atoms with Crippen LogP contribution in [-0.4, -0.2) is 38.3 Å². The lowest BCUT2D eigenvalue weighted by Gasteiger charge is -2.44. The van der Waals surface area contributed by atoms with Crippen molar-refractivity contribution in [2.75, 3.05) is 27.2 Å². The number of hydrogen-bond acceptors (Lipinski definition) is 2. The van der Waals surface area contributed by atoms with E-state index in [0.29, 0.717) is 11.5 Å². The van der Waals surface area contributed by atoms with E-state index in [9.17, 15) is 0 Å². The van der Waals surface area contributed by atoms with Crippen molar-refractivity contribution < 1.29 is 4.74 Å². The van der Waals surface area contributed by atoms with Crippen LogP contribution < -0.4 is 0 Å². The fourth-order valence-electron chi connectivity index (χ4n) is 2.56. The first kappa shape index (κ1) is 7.56. The molecule has 0 N–H and O–H groups in total. The van der Waals surface area contributed by atoms with Crippen LogP contribution >= 0.6 is 0 Å². The molecule has 0 bridgehead atoms. The molecular weight excluding hydrogens is 138 g/mol. The number of rotatable bonds is 1. The predicted octanol–water partition coefficient (Wildman–Crippen LogP) is 1.12. The van der Waals surface area contributed by atoms with Crippen molar-refractivity contribution in [3.05, 3.63) is 0 Å². The second kappa shape index (κ2) is 2.46. The molecule has 2 heteroatoms. The monoisotopic (exact) mass is 155 g/mol. The third-order valence-corrected chi connectivity index (χ3v) is 3.28. The molecule has 11 heavy (non-hydrogen) atoms. The molecular formula is C9H17NO. The van der Waals surface area contributed by atoms with E-state index in [2.05, 4.69) is 11.9 Å². The van der Waals surface area contributed by atoms with Crippen LogP contribution in [0.1, 0.15) is 19.3 Å². The van der Waals surface area contributed by atoms with Crippen molar-refractivity contribution in [3.8, 4) is 0 Å². The summed E-state index contributed by atoms with van der Waals surface area (Å²) in [6, 6.07) is 0. The lowest BCUT2D eigenvalue weighted by Crippen LogP contribution is -2.43. The SMILES string of the molecule is COC1CC2(CCN(C)C2)C1. The highest BCUT2D eigenvalue weighted by atomic mass is 16.5. The standard InChI is InChI=1S/C9H17NO/c1-10-4-3-9(7-10)5-8(6-9)11-2/h8H,3-7H2,1-2H3. The summed E-state index contributed by atoms with van der Waals surface area (Å²) in [4.78, 5) is 2.44. The Labute approximate surface area is 68.5 Å². The molecule has 0 amide bonds. The summed E-state index contributed by atoms with van der Waals surface area (Å²) in [5.74, 6) is 0. The lowest BCUT2D eigenvalue weighted by molar-refractivity contribution is -0.0524. The average molecular weight is 155 g/mol. The number of ether oxygens (including phenoxy) is 1. The Morgan fingerprint density at radius 2 is 2.18 bits per heavy atom. The fraction of sp³-hybridized carbons (Fsp3) is 1.00. The van der Waals surface area contributed by atoms with Gasteiger partial charge in [-0.25, -0.2) is 0 Å². The summed E-state index contributed by atoms with van der Waals surface area (Å²) in [6.07, 6.45) is 4.56. The molecule has 1 saturated heterocycles. The van der Waals surface area contributed by atoms with Crippen LogP contribution in [0.2, 0.25) is 0 Å². The summed E-state index contributed by atoms with van der Waals surface area (Å²) in [5, 5.41) is 0. The minimum atomic E-state index is 0.571. The van der Waals surface area contributed by atoms with Gasteiger partial charge in [-0.3, -0.25) is 0 Å². The van der Waals surface area contributed by atoms with Crippen molar-refractivity contribution in [1.29, 1.82) is 0 Å². The summed E-state index contributed by atoms with van der Waals surface area (Å²) < 4.78 is 5.29. The van der Waals surface area contributed by atoms with Crippen LogP contribution in [0.25, 0.3) is 0 Å². The molecule has 0 atom stereocenters. The van der Waals surface area contributed by atoms with Gasteiger partial charge in [-0.1, -0.05) is 0 Å². The van der Waals surface area contributed by atoms with Crippen LogP contribution in [0.15, 0.2) is 0 Å². The molecule has 2 fully saturated rings. The highest BCUT2D eigenvalue weighted by Crippen LogP contribution is 2.48. The Kier molecular flexibility index (Phi) is 1.69. The number of methoxy groups -OCH3 is 1. The van der Waals surface area contributed by atoms with Crippen molar-refractivity contribution in [3.63, 3.8) is 0 Å². The Balaban J connectivity index is 1.87. The first-order valence-electron chi connectivity index (χ1n) is 4.45. The van der Waals surface area contributed by atoms with Gasteiger partial charge in [0.2, 0.25) is 0 Å². The Hall–Kier alpha value is -0.0800.